The summed E-state index contributed by atoms with van der Waals surface area (Å²) in [7, 11) is -2.59. The summed E-state index contributed by atoms with van der Waals surface area (Å²) in [5.41, 5.74) is -0.205. The number of thiophene rings is 1. The van der Waals surface area contributed by atoms with Crippen molar-refractivity contribution in [1.82, 2.24) is 9.03 Å². The first kappa shape index (κ1) is 17.9. The smallest absolute Gasteiger partial charge is 0.280 e. The zero-order chi connectivity index (χ0) is 18.2. The van der Waals surface area contributed by atoms with Crippen molar-refractivity contribution in [3.8, 4) is 0 Å². The van der Waals surface area contributed by atoms with E-state index in [1.165, 1.54) is 18.4 Å². The van der Waals surface area contributed by atoms with Gasteiger partial charge < -0.3 is 5.32 Å². The molecule has 134 valence electrons. The summed E-state index contributed by atoms with van der Waals surface area (Å²) in [5.74, 6) is -2.38. The molecular formula is C15H15F2N3O3S2. The molecule has 0 saturated carbocycles. The summed E-state index contributed by atoms with van der Waals surface area (Å²) < 4.78 is 54.7. The van der Waals surface area contributed by atoms with Crippen LogP contribution in [-0.4, -0.2) is 31.7 Å². The highest BCUT2D eigenvalue weighted by atomic mass is 32.2. The highest BCUT2D eigenvalue weighted by molar-refractivity contribution is 7.87. The van der Waals surface area contributed by atoms with E-state index in [9.17, 15) is 22.0 Å². The number of anilines is 1. The normalized spacial score (nSPS) is 23.3. The minimum Gasteiger partial charge on any atom is -0.322 e. The summed E-state index contributed by atoms with van der Waals surface area (Å²) in [6.07, 6.45) is 0.185. The van der Waals surface area contributed by atoms with Gasteiger partial charge in [-0.25, -0.2) is 8.78 Å². The minimum atomic E-state index is -3.86. The molecule has 1 aromatic carbocycles. The zero-order valence-corrected chi connectivity index (χ0v) is 14.7. The minimum absolute atomic E-state index is 0.185. The summed E-state index contributed by atoms with van der Waals surface area (Å²) in [4.78, 5) is 13.3. The van der Waals surface area contributed by atoms with Crippen LogP contribution in [0, 0.1) is 11.6 Å². The Morgan fingerprint density at radius 3 is 2.76 bits per heavy atom. The van der Waals surface area contributed by atoms with E-state index in [0.717, 1.165) is 21.3 Å². The molecule has 25 heavy (non-hydrogen) atoms. The van der Waals surface area contributed by atoms with E-state index in [-0.39, 0.29) is 12.1 Å². The summed E-state index contributed by atoms with van der Waals surface area (Å²) in [5, 5.41) is 4.14. The Hall–Kier alpha value is -1.88. The van der Waals surface area contributed by atoms with Gasteiger partial charge in [-0.3, -0.25) is 4.79 Å². The highest BCUT2D eigenvalue weighted by Gasteiger charge is 2.41. The molecule has 2 N–H and O–H groups in total. The van der Waals surface area contributed by atoms with Crippen molar-refractivity contribution >= 4 is 33.1 Å². The van der Waals surface area contributed by atoms with Crippen LogP contribution < -0.4 is 10.0 Å². The lowest BCUT2D eigenvalue weighted by atomic mass is 10.1. The van der Waals surface area contributed by atoms with Crippen LogP contribution in [0.3, 0.4) is 0 Å². The summed E-state index contributed by atoms with van der Waals surface area (Å²) in [6, 6.07) is 4.74. The second-order valence-electron chi connectivity index (χ2n) is 5.57. The molecular weight excluding hydrogens is 372 g/mol. The number of amides is 1. The first-order chi connectivity index (χ1) is 11.8. The van der Waals surface area contributed by atoms with Crippen molar-refractivity contribution in [2.24, 2.45) is 0 Å². The van der Waals surface area contributed by atoms with E-state index in [0.29, 0.717) is 6.07 Å². The number of carbonyl (C=O) groups excluding carboxylic acids is 1. The molecule has 10 heteroatoms. The van der Waals surface area contributed by atoms with Crippen molar-refractivity contribution in [2.75, 3.05) is 12.4 Å². The summed E-state index contributed by atoms with van der Waals surface area (Å²) >= 11 is 1.37. The molecule has 0 radical (unpaired) electrons. The lowest BCUT2D eigenvalue weighted by Crippen LogP contribution is -2.55. The van der Waals surface area contributed by atoms with Gasteiger partial charge in [-0.15, -0.1) is 11.3 Å². The molecule has 1 aromatic heterocycles. The SMILES string of the molecule is CN1[C@@H](C(=O)Nc2ccc(F)cc2F)C[C@@H](c2cccs2)NS1(=O)=O. The number of halogens is 2. The van der Waals surface area contributed by atoms with Crippen molar-refractivity contribution < 1.29 is 22.0 Å². The lowest BCUT2D eigenvalue weighted by Gasteiger charge is -2.35. The molecule has 0 spiro atoms. The van der Waals surface area contributed by atoms with Gasteiger partial charge in [0.25, 0.3) is 10.2 Å². The van der Waals surface area contributed by atoms with Gasteiger partial charge in [0, 0.05) is 18.0 Å². The summed E-state index contributed by atoms with van der Waals surface area (Å²) in [6.45, 7) is 0. The van der Waals surface area contributed by atoms with Crippen LogP contribution >= 0.6 is 11.3 Å². The van der Waals surface area contributed by atoms with Gasteiger partial charge in [-0.1, -0.05) is 6.07 Å². The Balaban J connectivity index is 1.84. The monoisotopic (exact) mass is 387 g/mol. The van der Waals surface area contributed by atoms with Gasteiger partial charge in [0.05, 0.1) is 11.7 Å². The molecule has 1 saturated heterocycles. The Labute approximate surface area is 147 Å². The molecule has 1 amide bonds. The van der Waals surface area contributed by atoms with Crippen LogP contribution in [-0.2, 0) is 15.0 Å². The number of hydrogen-bond donors (Lipinski definition) is 2. The average molecular weight is 387 g/mol. The Bertz CT molecular complexity index is 887. The molecule has 0 unspecified atom stereocenters. The van der Waals surface area contributed by atoms with Crippen molar-refractivity contribution in [3.05, 3.63) is 52.2 Å². The molecule has 2 aromatic rings. The molecule has 3 rings (SSSR count). The number of likely N-dealkylation sites (N-methyl/N-ethyl adjacent to an activating group) is 1. The van der Waals surface area contributed by atoms with E-state index in [1.54, 1.807) is 12.1 Å². The van der Waals surface area contributed by atoms with Crippen molar-refractivity contribution in [1.29, 1.82) is 0 Å². The predicted molar refractivity (Wildman–Crippen MR) is 90.3 cm³/mol. The van der Waals surface area contributed by atoms with E-state index in [4.69, 9.17) is 0 Å². The number of benzene rings is 1. The number of nitrogens with one attached hydrogen (secondary N) is 2. The van der Waals surface area contributed by atoms with E-state index in [2.05, 4.69) is 10.0 Å². The van der Waals surface area contributed by atoms with E-state index >= 15 is 0 Å². The van der Waals surface area contributed by atoms with Gasteiger partial charge in [-0.05, 0) is 30.0 Å². The second kappa shape index (κ2) is 6.79. The molecule has 0 aliphatic carbocycles. The third-order valence-electron chi connectivity index (χ3n) is 3.95. The quantitative estimate of drug-likeness (QED) is 0.848. The maximum Gasteiger partial charge on any atom is 0.280 e. The topological polar surface area (TPSA) is 78.5 Å². The molecule has 6 nitrogen and oxygen atoms in total. The maximum absolute atomic E-state index is 13.7. The molecule has 1 fully saturated rings. The number of rotatable bonds is 3. The zero-order valence-electron chi connectivity index (χ0n) is 13.1. The lowest BCUT2D eigenvalue weighted by molar-refractivity contribution is -0.120. The van der Waals surface area contributed by atoms with Gasteiger partial charge in [0.1, 0.15) is 17.7 Å². The number of nitrogens with zero attached hydrogens (tertiary/aromatic N) is 1. The molecule has 1 aliphatic heterocycles. The van der Waals surface area contributed by atoms with E-state index in [1.807, 2.05) is 5.38 Å². The van der Waals surface area contributed by atoms with Gasteiger partial charge in [0.2, 0.25) is 5.91 Å². The predicted octanol–water partition coefficient (Wildman–Crippen LogP) is 2.24. The van der Waals surface area contributed by atoms with Crippen LogP contribution in [0.1, 0.15) is 17.3 Å². The highest BCUT2D eigenvalue weighted by Crippen LogP contribution is 2.31. The molecule has 0 bridgehead atoms. The third-order valence-corrected chi connectivity index (χ3v) is 6.53. The van der Waals surface area contributed by atoms with Crippen LogP contribution in [0.2, 0.25) is 0 Å². The molecule has 2 heterocycles. The standard InChI is InChI=1S/C15H15F2N3O3S2/c1-20-13(15(21)18-11-5-4-9(16)7-10(11)17)8-12(19-25(20,22)23)14-3-2-6-24-14/h2-7,12-13,19H,8H2,1H3,(H,18,21)/t12-,13+/m0/s1. The molecule has 2 atom stereocenters. The number of carbonyl (C=O) groups is 1. The second-order valence-corrected chi connectivity index (χ2v) is 8.31. The van der Waals surface area contributed by atoms with Gasteiger partial charge >= 0.3 is 0 Å². The third kappa shape index (κ3) is 3.71. The Morgan fingerprint density at radius 2 is 2.12 bits per heavy atom. The van der Waals surface area contributed by atoms with Crippen LogP contribution in [0.4, 0.5) is 14.5 Å². The van der Waals surface area contributed by atoms with E-state index < -0.39 is 39.8 Å². The number of hydrogen-bond acceptors (Lipinski definition) is 4. The first-order valence-corrected chi connectivity index (χ1v) is 9.64. The van der Waals surface area contributed by atoms with Crippen LogP contribution in [0.25, 0.3) is 0 Å². The van der Waals surface area contributed by atoms with Crippen LogP contribution in [0.15, 0.2) is 35.7 Å². The molecule has 1 aliphatic rings. The Morgan fingerprint density at radius 1 is 1.36 bits per heavy atom. The van der Waals surface area contributed by atoms with Crippen molar-refractivity contribution in [2.45, 2.75) is 18.5 Å². The van der Waals surface area contributed by atoms with Gasteiger partial charge in [0.15, 0.2) is 0 Å². The Kier molecular flexibility index (Phi) is 4.87. The fourth-order valence-corrected chi connectivity index (χ4v) is 4.72. The van der Waals surface area contributed by atoms with Gasteiger partial charge in [-0.2, -0.15) is 17.4 Å². The fourth-order valence-electron chi connectivity index (χ4n) is 2.59. The van der Waals surface area contributed by atoms with Crippen molar-refractivity contribution in [3.63, 3.8) is 0 Å². The largest absolute Gasteiger partial charge is 0.322 e. The fraction of sp³-hybridized carbons (Fsp3) is 0.267. The maximum atomic E-state index is 13.7. The first-order valence-electron chi connectivity index (χ1n) is 7.32. The van der Waals surface area contributed by atoms with Crippen LogP contribution in [0.5, 0.6) is 0 Å². The average Bonchev–Trinajstić information content (AvgIpc) is 3.07.